The summed E-state index contributed by atoms with van der Waals surface area (Å²) in [7, 11) is 0. The Kier molecular flexibility index (Phi) is 8.87. The Hall–Kier alpha value is -3.48. The predicted molar refractivity (Wildman–Crippen MR) is 142 cm³/mol. The van der Waals surface area contributed by atoms with Crippen molar-refractivity contribution >= 4 is 49.3 Å². The molecule has 3 aromatic rings. The molecule has 0 saturated carbocycles. The summed E-state index contributed by atoms with van der Waals surface area (Å²) in [6.45, 7) is 3.08. The van der Waals surface area contributed by atoms with Crippen molar-refractivity contribution in [3.8, 4) is 11.1 Å². The molecule has 2 unspecified atom stereocenters. The van der Waals surface area contributed by atoms with Crippen molar-refractivity contribution in [2.24, 2.45) is 5.92 Å². The van der Waals surface area contributed by atoms with Crippen molar-refractivity contribution in [1.29, 1.82) is 0 Å². The molecule has 1 aliphatic heterocycles. The Morgan fingerprint density at radius 1 is 1.03 bits per heavy atom. The van der Waals surface area contributed by atoms with Crippen LogP contribution in [-0.4, -0.2) is 56.9 Å². The Morgan fingerprint density at radius 3 is 2.61 bits per heavy atom. The molecular formula is C27H29AsN4O4. The third-order valence-electron chi connectivity index (χ3n) is 5.69. The number of benzene rings is 2. The molecule has 9 heteroatoms. The summed E-state index contributed by atoms with van der Waals surface area (Å²) < 4.78 is 5.54. The van der Waals surface area contributed by atoms with Crippen LogP contribution in [-0.2, 0) is 14.3 Å². The second-order valence-electron chi connectivity index (χ2n) is 8.51. The van der Waals surface area contributed by atoms with Gasteiger partial charge in [-0.05, 0) is 6.42 Å². The fourth-order valence-corrected chi connectivity index (χ4v) is 5.11. The second-order valence-corrected chi connectivity index (χ2v) is 11.8. The van der Waals surface area contributed by atoms with E-state index in [4.69, 9.17) is 4.74 Å². The fraction of sp³-hybridized carbons (Fsp3) is 0.259. The fourth-order valence-electron chi connectivity index (χ4n) is 3.85. The normalized spacial score (nSPS) is 15.1. The van der Waals surface area contributed by atoms with Crippen LogP contribution < -0.4 is 16.0 Å². The summed E-state index contributed by atoms with van der Waals surface area (Å²) in [6.07, 6.45) is 2.34. The number of nitrogens with zero attached hydrogens (tertiary/aromatic N) is 1. The number of amides is 2. The Bertz CT molecular complexity index is 1230. The molecular weight excluding hydrogens is 519 g/mol. The molecule has 1 aromatic heterocycles. The molecule has 2 atom stereocenters. The SMILES string of the molecule is CC(=O)[AsH]CCNC(=O)c1cc(Nc2ccccc2)cc(-c2ccnc(NC(=O)C3CCOC3)c2)c1. The number of pyridine rings is 1. The minimum atomic E-state index is -0.685. The van der Waals surface area contributed by atoms with Crippen molar-refractivity contribution in [3.05, 3.63) is 72.4 Å². The monoisotopic (exact) mass is 548 g/mol. The van der Waals surface area contributed by atoms with Gasteiger partial charge in [-0.3, -0.25) is 4.79 Å². The van der Waals surface area contributed by atoms with Gasteiger partial charge in [-0.15, -0.1) is 0 Å². The predicted octanol–water partition coefficient (Wildman–Crippen LogP) is 3.60. The number of aromatic nitrogens is 1. The van der Waals surface area contributed by atoms with E-state index in [2.05, 4.69) is 20.9 Å². The molecule has 36 heavy (non-hydrogen) atoms. The molecule has 0 bridgehead atoms. The van der Waals surface area contributed by atoms with Crippen molar-refractivity contribution in [2.45, 2.75) is 18.6 Å². The van der Waals surface area contributed by atoms with E-state index >= 15 is 0 Å². The van der Waals surface area contributed by atoms with E-state index < -0.39 is 15.8 Å². The number of carbonyl (C=O) groups excluding carboxylic acids is 3. The van der Waals surface area contributed by atoms with Crippen molar-refractivity contribution in [3.63, 3.8) is 0 Å². The molecule has 2 heterocycles. The Morgan fingerprint density at radius 2 is 1.86 bits per heavy atom. The van der Waals surface area contributed by atoms with Crippen LogP contribution in [0.5, 0.6) is 0 Å². The van der Waals surface area contributed by atoms with Crippen LogP contribution in [0.4, 0.5) is 17.2 Å². The zero-order chi connectivity index (χ0) is 25.3. The standard InChI is InChI=1S/C27H29AsN4O4/c1-18(33)28-9-11-30-26(34)22-13-21(14-24(15-22)31-23-5-3-2-4-6-23)19-7-10-29-25(16-19)32-27(35)20-8-12-36-17-20/h2-7,10,13-16,20,28,31H,8-9,11-12,17H2,1H3,(H,30,34)(H,29,32,35). The molecule has 0 spiro atoms. The van der Waals surface area contributed by atoms with Crippen LogP contribution in [0.15, 0.2) is 66.9 Å². The van der Waals surface area contributed by atoms with Crippen molar-refractivity contribution in [1.82, 2.24) is 10.3 Å². The molecule has 1 aliphatic rings. The van der Waals surface area contributed by atoms with Gasteiger partial charge in [-0.2, -0.15) is 0 Å². The molecule has 3 N–H and O–H groups in total. The van der Waals surface area contributed by atoms with Gasteiger partial charge in [0.1, 0.15) is 0 Å². The quantitative estimate of drug-likeness (QED) is 0.264. The number of para-hydroxylation sites is 1. The number of nitrogens with one attached hydrogen (secondary N) is 3. The van der Waals surface area contributed by atoms with E-state index in [1.54, 1.807) is 25.3 Å². The molecule has 2 amide bonds. The first-order chi connectivity index (χ1) is 17.5. The van der Waals surface area contributed by atoms with Gasteiger partial charge in [-0.1, -0.05) is 0 Å². The summed E-state index contributed by atoms with van der Waals surface area (Å²) >= 11 is -0.685. The maximum absolute atomic E-state index is 12.9. The average molecular weight is 548 g/mol. The third-order valence-corrected chi connectivity index (χ3v) is 7.78. The Balaban J connectivity index is 1.58. The number of anilines is 3. The zero-order valence-corrected chi connectivity index (χ0v) is 22.1. The van der Waals surface area contributed by atoms with E-state index in [1.165, 1.54) is 0 Å². The van der Waals surface area contributed by atoms with Crippen LogP contribution in [0.2, 0.25) is 5.21 Å². The van der Waals surface area contributed by atoms with Gasteiger partial charge in [0.25, 0.3) is 0 Å². The molecule has 0 aliphatic carbocycles. The summed E-state index contributed by atoms with van der Waals surface area (Å²) in [5.41, 5.74) is 3.78. The third kappa shape index (κ3) is 7.26. The molecule has 8 nitrogen and oxygen atoms in total. The number of hydrogen-bond donors (Lipinski definition) is 3. The van der Waals surface area contributed by atoms with Crippen molar-refractivity contribution < 1.29 is 19.1 Å². The van der Waals surface area contributed by atoms with Gasteiger partial charge in [0.05, 0.1) is 12.5 Å². The van der Waals surface area contributed by atoms with E-state index in [-0.39, 0.29) is 22.3 Å². The molecule has 186 valence electrons. The van der Waals surface area contributed by atoms with Crippen LogP contribution >= 0.6 is 0 Å². The minimum absolute atomic E-state index is 0.106. The maximum atomic E-state index is 12.9. The summed E-state index contributed by atoms with van der Waals surface area (Å²) in [5.74, 6) is -0.0298. The van der Waals surface area contributed by atoms with Crippen LogP contribution in [0, 0.1) is 5.92 Å². The molecule has 0 radical (unpaired) electrons. The van der Waals surface area contributed by atoms with Crippen LogP contribution in [0.3, 0.4) is 0 Å². The summed E-state index contributed by atoms with van der Waals surface area (Å²) in [5, 5.41) is 9.88. The van der Waals surface area contributed by atoms with Gasteiger partial charge in [0, 0.05) is 6.61 Å². The number of carbonyl (C=O) groups is 3. The number of hydrogen-bond acceptors (Lipinski definition) is 6. The van der Waals surface area contributed by atoms with Gasteiger partial charge >= 0.3 is 182 Å². The topological polar surface area (TPSA) is 109 Å². The molecule has 4 rings (SSSR count). The average Bonchev–Trinajstić information content (AvgIpc) is 3.42. The van der Waals surface area contributed by atoms with E-state index in [0.29, 0.717) is 37.6 Å². The van der Waals surface area contributed by atoms with E-state index in [0.717, 1.165) is 27.7 Å². The first-order valence-corrected chi connectivity index (χ1v) is 14.4. The summed E-state index contributed by atoms with van der Waals surface area (Å²) in [6, 6.07) is 18.9. The summed E-state index contributed by atoms with van der Waals surface area (Å²) in [4.78, 5) is 41.0. The molecule has 1 saturated heterocycles. The van der Waals surface area contributed by atoms with Gasteiger partial charge < -0.3 is 4.74 Å². The number of rotatable bonds is 10. The zero-order valence-electron chi connectivity index (χ0n) is 20.0. The van der Waals surface area contributed by atoms with Crippen molar-refractivity contribution in [2.75, 3.05) is 30.4 Å². The molecule has 2 aromatic carbocycles. The first-order valence-electron chi connectivity index (χ1n) is 11.8. The number of ether oxygens (including phenoxy) is 1. The second kappa shape index (κ2) is 12.5. The van der Waals surface area contributed by atoms with Gasteiger partial charge in [-0.25, -0.2) is 0 Å². The first kappa shape index (κ1) is 25.6. The van der Waals surface area contributed by atoms with E-state index in [9.17, 15) is 14.4 Å². The van der Waals surface area contributed by atoms with Crippen LogP contribution in [0.1, 0.15) is 23.7 Å². The van der Waals surface area contributed by atoms with E-state index in [1.807, 2.05) is 48.5 Å². The van der Waals surface area contributed by atoms with Gasteiger partial charge in [0.2, 0.25) is 0 Å². The van der Waals surface area contributed by atoms with Gasteiger partial charge in [0.15, 0.2) is 0 Å². The van der Waals surface area contributed by atoms with Crippen LogP contribution in [0.25, 0.3) is 11.1 Å². The molecule has 1 fully saturated rings. The Labute approximate surface area is 216 Å².